The van der Waals surface area contributed by atoms with E-state index in [1.165, 1.54) is 6.42 Å². The molecule has 140 valence electrons. The first-order chi connectivity index (χ1) is 12.5. The number of carbonyl (C=O) groups excluding carboxylic acids is 2. The monoisotopic (exact) mass is 356 g/mol. The van der Waals surface area contributed by atoms with Crippen molar-refractivity contribution in [3.63, 3.8) is 0 Å². The van der Waals surface area contributed by atoms with E-state index in [1.54, 1.807) is 24.3 Å². The number of esters is 2. The van der Waals surface area contributed by atoms with Gasteiger partial charge in [-0.3, -0.25) is 9.59 Å². The maximum absolute atomic E-state index is 12.4. The van der Waals surface area contributed by atoms with Crippen LogP contribution in [0.25, 0.3) is 0 Å². The van der Waals surface area contributed by atoms with E-state index in [2.05, 4.69) is 6.58 Å². The van der Waals surface area contributed by atoms with Crippen LogP contribution >= 0.6 is 0 Å². The Balaban J connectivity index is 2.00. The number of carbonyl (C=O) groups is 2. The Hall–Kier alpha value is -2.36. The van der Waals surface area contributed by atoms with Crippen LogP contribution in [0.5, 0.6) is 5.75 Å². The highest BCUT2D eigenvalue weighted by molar-refractivity contribution is 5.77. The van der Waals surface area contributed by atoms with Crippen molar-refractivity contribution in [2.24, 2.45) is 5.92 Å². The Morgan fingerprint density at radius 3 is 2.58 bits per heavy atom. The molecule has 0 amide bonds. The Morgan fingerprint density at radius 2 is 1.92 bits per heavy atom. The summed E-state index contributed by atoms with van der Waals surface area (Å²) in [5.74, 6) is -0.141. The van der Waals surface area contributed by atoms with Crippen molar-refractivity contribution in [1.29, 1.82) is 0 Å². The fraction of sp³-hybridized carbons (Fsp3) is 0.455. The molecule has 0 aromatic heterocycles. The lowest BCUT2D eigenvalue weighted by atomic mass is 9.89. The van der Waals surface area contributed by atoms with Gasteiger partial charge in [0, 0.05) is 5.56 Å². The molecule has 1 saturated carbocycles. The number of ether oxygens (including phenoxy) is 2. The summed E-state index contributed by atoms with van der Waals surface area (Å²) in [5.41, 5.74) is 1.52. The van der Waals surface area contributed by atoms with E-state index < -0.39 is 0 Å². The molecule has 1 aromatic rings. The maximum atomic E-state index is 12.4. The van der Waals surface area contributed by atoms with E-state index in [9.17, 15) is 9.59 Å². The largest absolute Gasteiger partial charge is 0.458 e. The fourth-order valence-corrected chi connectivity index (χ4v) is 3.26. The average Bonchev–Trinajstić information content (AvgIpc) is 2.65. The molecular weight excluding hydrogens is 328 g/mol. The third-order valence-corrected chi connectivity index (χ3v) is 4.80. The lowest BCUT2D eigenvalue weighted by molar-refractivity contribution is -0.146. The third-order valence-electron chi connectivity index (χ3n) is 4.80. The summed E-state index contributed by atoms with van der Waals surface area (Å²) >= 11 is 0. The van der Waals surface area contributed by atoms with Crippen molar-refractivity contribution in [2.75, 3.05) is 0 Å². The maximum Gasteiger partial charge on any atom is 0.314 e. The normalized spacial score (nSPS) is 16.6. The smallest absolute Gasteiger partial charge is 0.314 e. The molecule has 4 heteroatoms. The van der Waals surface area contributed by atoms with Crippen molar-refractivity contribution in [1.82, 2.24) is 0 Å². The number of benzene rings is 1. The predicted molar refractivity (Wildman–Crippen MR) is 102 cm³/mol. The standard InChI is InChI=1S/C22H28O4/c1-4-17(5-2)16(3)25-21(23)15-19-13-9-10-14-20(19)26-22(24)18-11-7-6-8-12-18/h4-5,9-10,13-14,16,18H,1,6-8,11-12,15H2,2-3H3/b17-5+. The van der Waals surface area contributed by atoms with Crippen molar-refractivity contribution >= 4 is 11.9 Å². The number of hydrogen-bond donors (Lipinski definition) is 0. The summed E-state index contributed by atoms with van der Waals surface area (Å²) in [6.45, 7) is 7.40. The van der Waals surface area contributed by atoms with Gasteiger partial charge < -0.3 is 9.47 Å². The van der Waals surface area contributed by atoms with Gasteiger partial charge in [0.2, 0.25) is 0 Å². The molecule has 2 rings (SSSR count). The van der Waals surface area contributed by atoms with E-state index in [-0.39, 0.29) is 30.4 Å². The topological polar surface area (TPSA) is 52.6 Å². The second-order valence-corrected chi connectivity index (χ2v) is 6.67. The molecule has 0 spiro atoms. The van der Waals surface area contributed by atoms with Crippen LogP contribution in [0.4, 0.5) is 0 Å². The summed E-state index contributed by atoms with van der Waals surface area (Å²) in [4.78, 5) is 24.7. The van der Waals surface area contributed by atoms with Gasteiger partial charge in [0.05, 0.1) is 12.3 Å². The summed E-state index contributed by atoms with van der Waals surface area (Å²) in [6, 6.07) is 7.15. The molecule has 1 fully saturated rings. The van der Waals surface area contributed by atoms with Gasteiger partial charge in [-0.15, -0.1) is 0 Å². The number of para-hydroxylation sites is 1. The highest BCUT2D eigenvalue weighted by atomic mass is 16.5. The van der Waals surface area contributed by atoms with E-state index in [0.29, 0.717) is 11.3 Å². The van der Waals surface area contributed by atoms with Crippen LogP contribution in [0.3, 0.4) is 0 Å². The van der Waals surface area contributed by atoms with Crippen LogP contribution in [0, 0.1) is 5.92 Å². The highest BCUT2D eigenvalue weighted by Gasteiger charge is 2.24. The Morgan fingerprint density at radius 1 is 1.23 bits per heavy atom. The number of allylic oxidation sites excluding steroid dienone is 1. The first-order valence-electron chi connectivity index (χ1n) is 9.32. The van der Waals surface area contributed by atoms with Gasteiger partial charge in [0.25, 0.3) is 0 Å². The molecule has 0 N–H and O–H groups in total. The molecule has 4 nitrogen and oxygen atoms in total. The first kappa shape index (κ1) is 20.0. The van der Waals surface area contributed by atoms with Crippen LogP contribution in [0.1, 0.15) is 51.5 Å². The van der Waals surface area contributed by atoms with E-state index >= 15 is 0 Å². The zero-order chi connectivity index (χ0) is 18.9. The van der Waals surface area contributed by atoms with Gasteiger partial charge in [0.1, 0.15) is 11.9 Å². The van der Waals surface area contributed by atoms with Crippen molar-refractivity contribution in [3.8, 4) is 5.75 Å². The van der Waals surface area contributed by atoms with Crippen LogP contribution in [0.2, 0.25) is 0 Å². The summed E-state index contributed by atoms with van der Waals surface area (Å²) in [7, 11) is 0. The second-order valence-electron chi connectivity index (χ2n) is 6.67. The Labute approximate surface area is 155 Å². The molecule has 1 aliphatic carbocycles. The molecule has 1 atom stereocenters. The summed E-state index contributed by atoms with van der Waals surface area (Å²) in [6.07, 6.45) is 8.34. The van der Waals surface area contributed by atoms with E-state index in [1.807, 2.05) is 26.0 Å². The van der Waals surface area contributed by atoms with E-state index in [4.69, 9.17) is 9.47 Å². The molecular formula is C22H28O4. The molecule has 0 heterocycles. The molecule has 0 saturated heterocycles. The van der Waals surface area contributed by atoms with Crippen LogP contribution in [0.15, 0.2) is 48.6 Å². The van der Waals surface area contributed by atoms with Gasteiger partial charge in [-0.2, -0.15) is 0 Å². The average molecular weight is 356 g/mol. The van der Waals surface area contributed by atoms with Gasteiger partial charge in [-0.25, -0.2) is 0 Å². The molecule has 0 aliphatic heterocycles. The fourth-order valence-electron chi connectivity index (χ4n) is 3.26. The van der Waals surface area contributed by atoms with Gasteiger partial charge in [-0.1, -0.05) is 56.2 Å². The zero-order valence-electron chi connectivity index (χ0n) is 15.7. The predicted octanol–water partition coefficient (Wildman–Crippen LogP) is 4.78. The number of hydrogen-bond acceptors (Lipinski definition) is 4. The molecule has 1 aromatic carbocycles. The quantitative estimate of drug-likeness (QED) is 0.401. The first-order valence-corrected chi connectivity index (χ1v) is 9.32. The minimum atomic E-state index is -0.361. The zero-order valence-corrected chi connectivity index (χ0v) is 15.7. The second kappa shape index (κ2) is 9.95. The SMILES string of the molecule is C=C/C(=C\C)C(C)OC(=O)Cc1ccccc1OC(=O)C1CCCCC1. The molecule has 26 heavy (non-hydrogen) atoms. The third kappa shape index (κ3) is 5.58. The minimum Gasteiger partial charge on any atom is -0.458 e. The van der Waals surface area contributed by atoms with Crippen molar-refractivity contribution in [3.05, 3.63) is 54.1 Å². The van der Waals surface area contributed by atoms with Gasteiger partial charge in [-0.05, 0) is 38.3 Å². The van der Waals surface area contributed by atoms with Crippen molar-refractivity contribution < 1.29 is 19.1 Å². The lowest BCUT2D eigenvalue weighted by Crippen LogP contribution is -2.23. The minimum absolute atomic E-state index is 0.0337. The Bertz CT molecular complexity index is 668. The lowest BCUT2D eigenvalue weighted by Gasteiger charge is -2.20. The summed E-state index contributed by atoms with van der Waals surface area (Å²) in [5, 5.41) is 0. The highest BCUT2D eigenvalue weighted by Crippen LogP contribution is 2.27. The van der Waals surface area contributed by atoms with Crippen LogP contribution < -0.4 is 4.74 Å². The molecule has 0 radical (unpaired) electrons. The molecule has 1 unspecified atom stereocenters. The van der Waals surface area contributed by atoms with Crippen LogP contribution in [-0.4, -0.2) is 18.0 Å². The van der Waals surface area contributed by atoms with Gasteiger partial charge >= 0.3 is 11.9 Å². The molecule has 0 bridgehead atoms. The Kier molecular flexibility index (Phi) is 7.64. The van der Waals surface area contributed by atoms with Gasteiger partial charge in [0.15, 0.2) is 0 Å². The summed E-state index contributed by atoms with van der Waals surface area (Å²) < 4.78 is 11.1. The van der Waals surface area contributed by atoms with Crippen molar-refractivity contribution in [2.45, 2.75) is 58.5 Å². The van der Waals surface area contributed by atoms with E-state index in [0.717, 1.165) is 31.3 Å². The van der Waals surface area contributed by atoms with Crippen LogP contribution in [-0.2, 0) is 20.7 Å². The molecule has 1 aliphatic rings. The number of rotatable bonds is 7.